The molecule has 2 amide bonds. The van der Waals surface area contributed by atoms with E-state index in [1.54, 1.807) is 24.3 Å². The average Bonchev–Trinajstić information content (AvgIpc) is 2.61. The number of carbonyl (C=O) groups is 3. The average molecular weight is 423 g/mol. The maximum absolute atomic E-state index is 13.1. The molecule has 0 atom stereocenters. The molecule has 0 aliphatic heterocycles. The van der Waals surface area contributed by atoms with E-state index < -0.39 is 11.8 Å². The first kappa shape index (κ1) is 19.6. The van der Waals surface area contributed by atoms with Gasteiger partial charge in [-0.15, -0.1) is 0 Å². The lowest BCUT2D eigenvalue weighted by molar-refractivity contribution is -0.141. The van der Waals surface area contributed by atoms with Crippen LogP contribution < -0.4 is 10.6 Å². The van der Waals surface area contributed by atoms with Crippen LogP contribution in [0.2, 0.25) is 0 Å². The lowest BCUT2D eigenvalue weighted by Gasteiger charge is -2.08. The van der Waals surface area contributed by atoms with E-state index >= 15 is 0 Å². The second kappa shape index (κ2) is 9.10. The first-order valence-corrected chi connectivity index (χ1v) is 8.37. The van der Waals surface area contributed by atoms with Gasteiger partial charge in [0.15, 0.2) is 0 Å². The Morgan fingerprint density at radius 1 is 1.12 bits per heavy atom. The number of anilines is 1. The van der Waals surface area contributed by atoms with Gasteiger partial charge < -0.3 is 15.4 Å². The monoisotopic (exact) mass is 422 g/mol. The van der Waals surface area contributed by atoms with Crippen LogP contribution in [0.5, 0.6) is 0 Å². The van der Waals surface area contributed by atoms with E-state index in [0.717, 1.165) is 0 Å². The molecule has 0 saturated carbocycles. The number of amides is 2. The summed E-state index contributed by atoms with van der Waals surface area (Å²) in [6.45, 7) is -0.185. The molecule has 0 spiro atoms. The van der Waals surface area contributed by atoms with Crippen molar-refractivity contribution in [2.45, 2.75) is 6.42 Å². The molecule has 136 valence electrons. The van der Waals surface area contributed by atoms with Crippen molar-refractivity contribution in [3.05, 3.63) is 63.9 Å². The summed E-state index contributed by atoms with van der Waals surface area (Å²) >= 11 is 3.15. The highest BCUT2D eigenvalue weighted by atomic mass is 79.9. The van der Waals surface area contributed by atoms with E-state index in [9.17, 15) is 18.8 Å². The Kier molecular flexibility index (Phi) is 6.85. The van der Waals surface area contributed by atoms with Crippen LogP contribution in [-0.4, -0.2) is 31.4 Å². The largest absolute Gasteiger partial charge is 0.468 e. The SMILES string of the molecule is COC(=O)CNC(=O)Cc1ccc(NC(=O)c2ccc(F)cc2Br)cc1. The number of benzene rings is 2. The fourth-order valence-electron chi connectivity index (χ4n) is 2.07. The molecule has 2 aromatic rings. The van der Waals surface area contributed by atoms with Crippen LogP contribution >= 0.6 is 15.9 Å². The van der Waals surface area contributed by atoms with Gasteiger partial charge in [-0.2, -0.15) is 0 Å². The summed E-state index contributed by atoms with van der Waals surface area (Å²) in [5.41, 5.74) is 1.55. The van der Waals surface area contributed by atoms with E-state index in [1.165, 1.54) is 25.3 Å². The third-order valence-corrected chi connectivity index (χ3v) is 4.07. The number of halogens is 2. The third-order valence-electron chi connectivity index (χ3n) is 3.41. The number of nitrogens with one attached hydrogen (secondary N) is 2. The lowest BCUT2D eigenvalue weighted by atomic mass is 10.1. The molecule has 6 nitrogen and oxygen atoms in total. The lowest BCUT2D eigenvalue weighted by Crippen LogP contribution is -2.31. The van der Waals surface area contributed by atoms with Crippen LogP contribution in [0, 0.1) is 5.82 Å². The number of esters is 1. The first-order chi connectivity index (χ1) is 12.4. The Bertz CT molecular complexity index is 824. The summed E-state index contributed by atoms with van der Waals surface area (Å²) < 4.78 is 17.9. The number of hydrogen-bond donors (Lipinski definition) is 2. The van der Waals surface area contributed by atoms with Crippen molar-refractivity contribution in [3.63, 3.8) is 0 Å². The standard InChI is InChI=1S/C18H16BrFN2O4/c1-26-17(24)10-21-16(23)8-11-2-5-13(6-3-11)22-18(25)14-7-4-12(20)9-15(14)19/h2-7,9H,8,10H2,1H3,(H,21,23)(H,22,25). The van der Waals surface area contributed by atoms with Crippen molar-refractivity contribution in [3.8, 4) is 0 Å². The fraction of sp³-hybridized carbons (Fsp3) is 0.167. The number of ether oxygens (including phenoxy) is 1. The smallest absolute Gasteiger partial charge is 0.325 e. The second-order valence-corrected chi connectivity index (χ2v) is 6.16. The zero-order valence-electron chi connectivity index (χ0n) is 13.8. The van der Waals surface area contributed by atoms with Gasteiger partial charge in [-0.3, -0.25) is 14.4 Å². The van der Waals surface area contributed by atoms with Gasteiger partial charge in [0.25, 0.3) is 5.91 Å². The number of methoxy groups -OCH3 is 1. The Morgan fingerprint density at radius 2 is 1.81 bits per heavy atom. The molecule has 0 aromatic heterocycles. The van der Waals surface area contributed by atoms with Crippen LogP contribution in [0.15, 0.2) is 46.9 Å². The van der Waals surface area contributed by atoms with Crippen LogP contribution in [0.1, 0.15) is 15.9 Å². The van der Waals surface area contributed by atoms with Crippen molar-refractivity contribution >= 4 is 39.4 Å². The highest BCUT2D eigenvalue weighted by Gasteiger charge is 2.11. The summed E-state index contributed by atoms with van der Waals surface area (Å²) in [7, 11) is 1.24. The van der Waals surface area contributed by atoms with Crippen LogP contribution in [0.25, 0.3) is 0 Å². The minimum absolute atomic E-state index is 0.0920. The summed E-state index contributed by atoms with van der Waals surface area (Å²) in [6.07, 6.45) is 0.0920. The van der Waals surface area contributed by atoms with Crippen molar-refractivity contribution in [2.75, 3.05) is 19.0 Å². The highest BCUT2D eigenvalue weighted by Crippen LogP contribution is 2.20. The van der Waals surface area contributed by atoms with Gasteiger partial charge in [-0.25, -0.2) is 4.39 Å². The van der Waals surface area contributed by atoms with Crippen LogP contribution in [0.4, 0.5) is 10.1 Å². The van der Waals surface area contributed by atoms with E-state index in [0.29, 0.717) is 21.3 Å². The highest BCUT2D eigenvalue weighted by molar-refractivity contribution is 9.10. The molecule has 0 bridgehead atoms. The predicted molar refractivity (Wildman–Crippen MR) is 97.2 cm³/mol. The summed E-state index contributed by atoms with van der Waals surface area (Å²) in [5.74, 6) is -1.67. The topological polar surface area (TPSA) is 84.5 Å². The summed E-state index contributed by atoms with van der Waals surface area (Å²) in [6, 6.07) is 10.5. The van der Waals surface area contributed by atoms with Crippen molar-refractivity contribution in [1.82, 2.24) is 5.32 Å². The zero-order chi connectivity index (χ0) is 19.1. The van der Waals surface area contributed by atoms with E-state index in [-0.39, 0.29) is 24.8 Å². The minimum atomic E-state index is -0.525. The van der Waals surface area contributed by atoms with E-state index in [1.807, 2.05) is 0 Å². The molecule has 26 heavy (non-hydrogen) atoms. The molecule has 0 aliphatic rings. The number of rotatable bonds is 6. The number of hydrogen-bond acceptors (Lipinski definition) is 4. The van der Waals surface area contributed by atoms with E-state index in [2.05, 4.69) is 31.3 Å². The minimum Gasteiger partial charge on any atom is -0.468 e. The van der Waals surface area contributed by atoms with Gasteiger partial charge in [0, 0.05) is 10.2 Å². The molecule has 2 rings (SSSR count). The maximum atomic E-state index is 13.1. The molecular weight excluding hydrogens is 407 g/mol. The third kappa shape index (κ3) is 5.66. The molecule has 0 aliphatic carbocycles. The van der Waals surface area contributed by atoms with Gasteiger partial charge in [0.2, 0.25) is 5.91 Å². The summed E-state index contributed by atoms with van der Waals surface area (Å²) in [5, 5.41) is 5.14. The Hall–Kier alpha value is -2.74. The van der Waals surface area contributed by atoms with Gasteiger partial charge in [0.05, 0.1) is 19.1 Å². The van der Waals surface area contributed by atoms with Crippen molar-refractivity contribution in [1.29, 1.82) is 0 Å². The summed E-state index contributed by atoms with van der Waals surface area (Å²) in [4.78, 5) is 34.9. The van der Waals surface area contributed by atoms with Crippen molar-refractivity contribution < 1.29 is 23.5 Å². The molecule has 2 aromatic carbocycles. The molecule has 2 N–H and O–H groups in total. The Labute approximate surface area is 157 Å². The van der Waals surface area contributed by atoms with E-state index in [4.69, 9.17) is 0 Å². The molecule has 0 radical (unpaired) electrons. The number of carbonyl (C=O) groups excluding carboxylic acids is 3. The molecule has 8 heteroatoms. The Balaban J connectivity index is 1.93. The molecule has 0 unspecified atom stereocenters. The van der Waals surface area contributed by atoms with Crippen LogP contribution in [-0.2, 0) is 20.7 Å². The van der Waals surface area contributed by atoms with Gasteiger partial charge >= 0.3 is 5.97 Å². The maximum Gasteiger partial charge on any atom is 0.325 e. The van der Waals surface area contributed by atoms with Gasteiger partial charge in [-0.1, -0.05) is 12.1 Å². The first-order valence-electron chi connectivity index (χ1n) is 7.58. The molecular formula is C18H16BrFN2O4. The quantitative estimate of drug-likeness (QED) is 0.700. The molecule has 0 heterocycles. The van der Waals surface area contributed by atoms with Gasteiger partial charge in [-0.05, 0) is 51.8 Å². The zero-order valence-corrected chi connectivity index (χ0v) is 15.4. The van der Waals surface area contributed by atoms with Gasteiger partial charge in [0.1, 0.15) is 12.4 Å². The second-order valence-electron chi connectivity index (χ2n) is 5.30. The van der Waals surface area contributed by atoms with Crippen LogP contribution in [0.3, 0.4) is 0 Å². The normalized spacial score (nSPS) is 10.1. The Morgan fingerprint density at radius 3 is 2.42 bits per heavy atom. The molecule has 0 fully saturated rings. The fourth-order valence-corrected chi connectivity index (χ4v) is 2.60. The molecule has 0 saturated heterocycles. The predicted octanol–water partition coefficient (Wildman–Crippen LogP) is 2.67. The van der Waals surface area contributed by atoms with Crippen molar-refractivity contribution in [2.24, 2.45) is 0 Å².